The molecular formula is C25H21ClN4O3. The lowest BCUT2D eigenvalue weighted by Gasteiger charge is -2.12. The second kappa shape index (κ2) is 9.96. The van der Waals surface area contributed by atoms with Crippen molar-refractivity contribution in [3.8, 4) is 22.8 Å². The van der Waals surface area contributed by atoms with Crippen LogP contribution in [0.25, 0.3) is 11.3 Å². The Kier molecular flexibility index (Phi) is 6.64. The fourth-order valence-corrected chi connectivity index (χ4v) is 3.20. The molecule has 0 saturated heterocycles. The summed E-state index contributed by atoms with van der Waals surface area (Å²) >= 11 is 5.95. The minimum atomic E-state index is 0.317. The molecule has 0 atom stereocenters. The van der Waals surface area contributed by atoms with Crippen molar-refractivity contribution in [3.63, 3.8) is 0 Å². The van der Waals surface area contributed by atoms with Crippen molar-refractivity contribution in [2.75, 3.05) is 24.8 Å². The van der Waals surface area contributed by atoms with Gasteiger partial charge in [-0.05, 0) is 60.2 Å². The van der Waals surface area contributed by atoms with Crippen molar-refractivity contribution in [2.24, 2.45) is 0 Å². The highest BCUT2D eigenvalue weighted by Crippen LogP contribution is 2.34. The molecule has 1 aliphatic carbocycles. The number of oxazole rings is 1. The highest BCUT2D eigenvalue weighted by molar-refractivity contribution is 6.31. The molecule has 8 heteroatoms. The predicted octanol–water partition coefficient (Wildman–Crippen LogP) is 5.83. The minimum Gasteiger partial charge on any atom is -0.493 e. The molecule has 3 aromatic rings. The summed E-state index contributed by atoms with van der Waals surface area (Å²) in [6.45, 7) is 0.351. The van der Waals surface area contributed by atoms with Gasteiger partial charge in [0, 0.05) is 28.7 Å². The molecule has 0 saturated carbocycles. The van der Waals surface area contributed by atoms with Crippen molar-refractivity contribution in [1.29, 1.82) is 5.41 Å². The molecule has 1 aliphatic rings. The van der Waals surface area contributed by atoms with Gasteiger partial charge in [-0.15, -0.1) is 5.73 Å². The van der Waals surface area contributed by atoms with E-state index in [9.17, 15) is 0 Å². The first-order chi connectivity index (χ1) is 16.1. The maximum absolute atomic E-state index is 7.43. The quantitative estimate of drug-likeness (QED) is 0.222. The number of nitrogens with zero attached hydrogens (tertiary/aromatic N) is 1. The lowest BCUT2D eigenvalue weighted by molar-refractivity contribution is 0.321. The van der Waals surface area contributed by atoms with Crippen LogP contribution in [0.1, 0.15) is 5.56 Å². The zero-order chi connectivity index (χ0) is 23.2. The molecule has 0 spiro atoms. The van der Waals surface area contributed by atoms with Crippen molar-refractivity contribution in [1.82, 2.24) is 4.98 Å². The van der Waals surface area contributed by atoms with E-state index in [1.165, 1.54) is 6.21 Å². The number of hydrogen-bond acceptors (Lipinski definition) is 7. The van der Waals surface area contributed by atoms with E-state index in [1.54, 1.807) is 43.7 Å². The highest BCUT2D eigenvalue weighted by Gasteiger charge is 2.12. The maximum Gasteiger partial charge on any atom is 0.299 e. The summed E-state index contributed by atoms with van der Waals surface area (Å²) in [5.74, 6) is 1.73. The molecule has 0 aliphatic heterocycles. The Morgan fingerprint density at radius 3 is 2.91 bits per heavy atom. The molecular weight excluding hydrogens is 440 g/mol. The van der Waals surface area contributed by atoms with E-state index in [0.717, 1.165) is 11.1 Å². The zero-order valence-electron chi connectivity index (χ0n) is 17.8. The number of nitrogen functional groups attached to an aromatic ring is 1. The summed E-state index contributed by atoms with van der Waals surface area (Å²) in [6, 6.07) is 11.1. The van der Waals surface area contributed by atoms with Gasteiger partial charge >= 0.3 is 0 Å². The number of allylic oxidation sites excluding steroid dienone is 3. The van der Waals surface area contributed by atoms with Crippen LogP contribution < -0.4 is 20.5 Å². The van der Waals surface area contributed by atoms with Crippen molar-refractivity contribution in [3.05, 3.63) is 88.8 Å². The average Bonchev–Trinajstić information content (AvgIpc) is 3.19. The van der Waals surface area contributed by atoms with Crippen LogP contribution in [0.4, 0.5) is 17.4 Å². The molecule has 0 fully saturated rings. The summed E-state index contributed by atoms with van der Waals surface area (Å²) in [4.78, 5) is 4.28. The summed E-state index contributed by atoms with van der Waals surface area (Å²) in [7, 11) is 1.58. The lowest BCUT2D eigenvalue weighted by atomic mass is 10.1. The van der Waals surface area contributed by atoms with E-state index >= 15 is 0 Å². The second-order valence-corrected chi connectivity index (χ2v) is 7.44. The Hall–Kier alpha value is -4.19. The van der Waals surface area contributed by atoms with Crippen LogP contribution in [0.5, 0.6) is 11.5 Å². The van der Waals surface area contributed by atoms with Gasteiger partial charge in [0.05, 0.1) is 18.3 Å². The lowest BCUT2D eigenvalue weighted by Crippen LogP contribution is -2.01. The van der Waals surface area contributed by atoms with Crippen molar-refractivity contribution < 1.29 is 13.9 Å². The van der Waals surface area contributed by atoms with Crippen LogP contribution in [0.2, 0.25) is 0 Å². The van der Waals surface area contributed by atoms with Gasteiger partial charge in [0.25, 0.3) is 6.01 Å². The SMILES string of the molecule is COc1cc(-c2cnc(Nc3ccc(N)c(C=N)c3)o2)ccc1OCC1=CC=C=C(Cl)C=C1. The number of ether oxygens (including phenoxy) is 2. The summed E-state index contributed by atoms with van der Waals surface area (Å²) in [6.07, 6.45) is 10.1. The number of benzene rings is 2. The number of halogens is 1. The van der Waals surface area contributed by atoms with Gasteiger partial charge in [-0.25, -0.2) is 4.98 Å². The van der Waals surface area contributed by atoms with Gasteiger partial charge in [-0.1, -0.05) is 17.7 Å². The molecule has 0 amide bonds. The molecule has 0 bridgehead atoms. The van der Waals surface area contributed by atoms with Gasteiger partial charge in [-0.3, -0.25) is 0 Å². The third kappa shape index (κ3) is 5.36. The molecule has 0 unspecified atom stereocenters. The van der Waals surface area contributed by atoms with Crippen LogP contribution in [0, 0.1) is 5.41 Å². The Labute approximate surface area is 196 Å². The largest absolute Gasteiger partial charge is 0.493 e. The van der Waals surface area contributed by atoms with E-state index < -0.39 is 0 Å². The van der Waals surface area contributed by atoms with Crippen LogP contribution in [0.15, 0.2) is 87.7 Å². The van der Waals surface area contributed by atoms with Gasteiger partial charge in [0.15, 0.2) is 17.3 Å². The molecule has 4 N–H and O–H groups in total. The molecule has 33 heavy (non-hydrogen) atoms. The number of methoxy groups -OCH3 is 1. The third-order valence-electron chi connectivity index (χ3n) is 4.80. The minimum absolute atomic E-state index is 0.317. The summed E-state index contributed by atoms with van der Waals surface area (Å²) in [5, 5.41) is 11.0. The topological polar surface area (TPSA) is 106 Å². The van der Waals surface area contributed by atoms with Gasteiger partial charge in [0.2, 0.25) is 0 Å². The Bertz CT molecular complexity index is 1320. The van der Waals surface area contributed by atoms with E-state index in [2.05, 4.69) is 16.0 Å². The van der Waals surface area contributed by atoms with E-state index in [4.69, 9.17) is 36.6 Å². The standard InChI is InChI=1S/C25H21ClN4O3/c1-31-23-12-17(6-10-22(23)32-15-16-3-2-4-19(26)7-5-16)24-14-29-25(33-24)30-20-8-9-21(28)18(11-20)13-27/h2-3,5-14,27H,15,28H2,1H3,(H,29,30). The van der Waals surface area contributed by atoms with Gasteiger partial charge < -0.3 is 30.4 Å². The molecule has 1 aromatic heterocycles. The highest BCUT2D eigenvalue weighted by atomic mass is 35.5. The normalized spacial score (nSPS) is 12.5. The van der Waals surface area contributed by atoms with Crippen LogP contribution in [-0.2, 0) is 0 Å². The van der Waals surface area contributed by atoms with Gasteiger partial charge in [0.1, 0.15) is 6.61 Å². The number of nitrogens with two attached hydrogens (primary N) is 1. The van der Waals surface area contributed by atoms with Crippen LogP contribution >= 0.6 is 11.6 Å². The van der Waals surface area contributed by atoms with Gasteiger partial charge in [-0.2, -0.15) is 0 Å². The second-order valence-electron chi connectivity index (χ2n) is 7.03. The number of aromatic nitrogens is 1. The molecule has 0 radical (unpaired) electrons. The van der Waals surface area contributed by atoms with Crippen molar-refractivity contribution in [2.45, 2.75) is 0 Å². The van der Waals surface area contributed by atoms with E-state index in [0.29, 0.717) is 51.9 Å². The molecule has 2 aromatic carbocycles. The molecule has 1 heterocycles. The van der Waals surface area contributed by atoms with Crippen molar-refractivity contribution >= 4 is 35.2 Å². The van der Waals surface area contributed by atoms with E-state index in [1.807, 2.05) is 30.4 Å². The first-order valence-corrected chi connectivity index (χ1v) is 10.4. The summed E-state index contributed by atoms with van der Waals surface area (Å²) < 4.78 is 17.3. The van der Waals surface area contributed by atoms with Crippen LogP contribution in [-0.4, -0.2) is 24.9 Å². The Morgan fingerprint density at radius 2 is 2.09 bits per heavy atom. The van der Waals surface area contributed by atoms with Crippen LogP contribution in [0.3, 0.4) is 0 Å². The predicted molar refractivity (Wildman–Crippen MR) is 131 cm³/mol. The number of rotatable bonds is 8. The fraction of sp³-hybridized carbons (Fsp3) is 0.0800. The molecule has 7 nitrogen and oxygen atoms in total. The Morgan fingerprint density at radius 1 is 1.21 bits per heavy atom. The Balaban J connectivity index is 1.47. The first kappa shape index (κ1) is 22.0. The number of anilines is 3. The monoisotopic (exact) mass is 460 g/mol. The average molecular weight is 461 g/mol. The number of nitrogens with one attached hydrogen (secondary N) is 2. The third-order valence-corrected chi connectivity index (χ3v) is 5.04. The molecule has 166 valence electrons. The molecule has 4 rings (SSSR count). The fourth-order valence-electron chi connectivity index (χ4n) is 3.08. The maximum atomic E-state index is 7.43. The number of hydrogen-bond donors (Lipinski definition) is 3. The smallest absolute Gasteiger partial charge is 0.299 e. The van der Waals surface area contributed by atoms with E-state index in [-0.39, 0.29) is 0 Å². The summed E-state index contributed by atoms with van der Waals surface area (Å²) in [5.41, 5.74) is 12.3. The zero-order valence-corrected chi connectivity index (χ0v) is 18.5. The first-order valence-electron chi connectivity index (χ1n) is 9.99.